The highest BCUT2D eigenvalue weighted by molar-refractivity contribution is 6.01. The number of hydrogen-bond donors (Lipinski definition) is 2. The topological polar surface area (TPSA) is 70.2 Å². The zero-order valence-electron chi connectivity index (χ0n) is 23.1. The Morgan fingerprint density at radius 3 is 2.49 bits per heavy atom. The quantitative estimate of drug-likeness (QED) is 0.132. The van der Waals surface area contributed by atoms with Crippen molar-refractivity contribution in [3.8, 4) is 5.75 Å². The van der Waals surface area contributed by atoms with Crippen LogP contribution in [0.3, 0.4) is 0 Å². The van der Waals surface area contributed by atoms with E-state index in [-0.39, 0.29) is 5.91 Å². The fourth-order valence-electron chi connectivity index (χ4n) is 5.46. The summed E-state index contributed by atoms with van der Waals surface area (Å²) in [6, 6.07) is 24.6. The number of aromatic nitrogens is 2. The number of aromatic amines is 1. The number of nitrogens with zero attached hydrogens (tertiary/aromatic N) is 2. The molecule has 1 saturated heterocycles. The molecule has 1 amide bonds. The molecule has 2 heterocycles. The van der Waals surface area contributed by atoms with Gasteiger partial charge in [-0.2, -0.15) is 9.49 Å². The van der Waals surface area contributed by atoms with Crippen molar-refractivity contribution in [3.63, 3.8) is 0 Å². The van der Waals surface area contributed by atoms with Crippen molar-refractivity contribution in [3.05, 3.63) is 108 Å². The van der Waals surface area contributed by atoms with Gasteiger partial charge < -0.3 is 15.0 Å². The van der Waals surface area contributed by atoms with E-state index in [1.807, 2.05) is 47.4 Å². The number of carbonyl (C=O) groups is 1. The maximum atomic E-state index is 14.5. The van der Waals surface area contributed by atoms with Gasteiger partial charge in [-0.15, -0.1) is 0 Å². The summed E-state index contributed by atoms with van der Waals surface area (Å²) in [6.07, 6.45) is 8.11. The number of carbonyl (C=O) groups excluding carboxylic acids is 1. The molecule has 6 rings (SSSR count). The minimum atomic E-state index is -0.415. The predicted octanol–water partition coefficient (Wildman–Crippen LogP) is 6.22. The van der Waals surface area contributed by atoms with E-state index in [0.717, 1.165) is 54.8 Å². The van der Waals surface area contributed by atoms with Gasteiger partial charge in [0.25, 0.3) is 0 Å². The Balaban J connectivity index is 1.20. The first-order chi connectivity index (χ1) is 20.2. The van der Waals surface area contributed by atoms with Crippen LogP contribution in [-0.2, 0) is 4.79 Å². The molecule has 6 nitrogen and oxygen atoms in total. The van der Waals surface area contributed by atoms with Gasteiger partial charge in [0.05, 0.1) is 10.9 Å². The molecule has 210 valence electrons. The van der Waals surface area contributed by atoms with E-state index in [1.165, 1.54) is 17.6 Å². The summed E-state index contributed by atoms with van der Waals surface area (Å²) in [5.74, 6) is 0.918. The van der Waals surface area contributed by atoms with Crippen LogP contribution in [0, 0.1) is 11.9 Å². The van der Waals surface area contributed by atoms with Crippen LogP contribution in [0.2, 0.25) is 0 Å². The molecule has 0 unspecified atom stereocenters. The number of hydrogen-bond acceptors (Lipinski definition) is 4. The Morgan fingerprint density at radius 1 is 1.00 bits per heavy atom. The number of allylic oxidation sites excluding steroid dienone is 1. The van der Waals surface area contributed by atoms with Gasteiger partial charge in [0.1, 0.15) is 12.4 Å². The van der Waals surface area contributed by atoms with Crippen LogP contribution in [0.5, 0.6) is 5.75 Å². The smallest absolute Gasteiger partial charge is 0.246 e. The molecule has 0 spiro atoms. The predicted molar refractivity (Wildman–Crippen MR) is 161 cm³/mol. The van der Waals surface area contributed by atoms with Crippen molar-refractivity contribution in [1.82, 2.24) is 20.4 Å². The number of H-pyrrole nitrogens is 1. The van der Waals surface area contributed by atoms with Crippen LogP contribution in [-0.4, -0.2) is 53.8 Å². The maximum Gasteiger partial charge on any atom is 0.246 e. The van der Waals surface area contributed by atoms with Gasteiger partial charge in [-0.1, -0.05) is 61.0 Å². The third-order valence-electron chi connectivity index (χ3n) is 8.04. The van der Waals surface area contributed by atoms with Gasteiger partial charge >= 0.3 is 0 Å². The Bertz CT molecular complexity index is 1550. The number of likely N-dealkylation sites (tertiary alicyclic amines) is 1. The van der Waals surface area contributed by atoms with Crippen LogP contribution >= 0.6 is 0 Å². The fourth-order valence-corrected chi connectivity index (χ4v) is 5.46. The molecule has 4 aromatic rings. The minimum absolute atomic E-state index is 0.0883. The number of amides is 1. The van der Waals surface area contributed by atoms with E-state index in [0.29, 0.717) is 36.5 Å². The fraction of sp³-hybridized carbons (Fsp3) is 0.294. The van der Waals surface area contributed by atoms with Gasteiger partial charge in [-0.05, 0) is 77.3 Å². The second-order valence-corrected chi connectivity index (χ2v) is 10.7. The third-order valence-corrected chi connectivity index (χ3v) is 8.04. The Hall–Kier alpha value is -4.23. The molecule has 1 saturated carbocycles. The highest BCUT2D eigenvalue weighted by atomic mass is 19.1. The summed E-state index contributed by atoms with van der Waals surface area (Å²) < 4.78 is 20.5. The summed E-state index contributed by atoms with van der Waals surface area (Å²) >= 11 is 0. The number of fused-ring (bicyclic) bond motifs is 1. The van der Waals surface area contributed by atoms with Crippen molar-refractivity contribution < 1.29 is 13.9 Å². The third kappa shape index (κ3) is 6.10. The van der Waals surface area contributed by atoms with Crippen molar-refractivity contribution in [2.24, 2.45) is 5.92 Å². The number of halogens is 1. The maximum absolute atomic E-state index is 14.5. The molecule has 2 aliphatic rings. The van der Waals surface area contributed by atoms with E-state index >= 15 is 0 Å². The Morgan fingerprint density at radius 2 is 1.78 bits per heavy atom. The largest absolute Gasteiger partial charge is 0.492 e. The van der Waals surface area contributed by atoms with Crippen LogP contribution in [0.25, 0.3) is 22.0 Å². The lowest BCUT2D eigenvalue weighted by molar-refractivity contribution is -0.129. The van der Waals surface area contributed by atoms with Gasteiger partial charge in [0.15, 0.2) is 0 Å². The average molecular weight is 551 g/mol. The number of rotatable bonds is 11. The van der Waals surface area contributed by atoms with E-state index in [1.54, 1.807) is 6.08 Å². The van der Waals surface area contributed by atoms with Crippen molar-refractivity contribution in [2.75, 3.05) is 32.8 Å². The van der Waals surface area contributed by atoms with Crippen LogP contribution in [0.1, 0.15) is 42.4 Å². The van der Waals surface area contributed by atoms with Gasteiger partial charge in [0, 0.05) is 32.3 Å². The van der Waals surface area contributed by atoms with Gasteiger partial charge in [0.2, 0.25) is 11.9 Å². The highest BCUT2D eigenvalue weighted by Crippen LogP contribution is 2.45. The first kappa shape index (κ1) is 27.0. The summed E-state index contributed by atoms with van der Waals surface area (Å²) in [6.45, 7) is 3.55. The SMILES string of the molecule is O=C(C=CCNCCOc1ccc(C(=C(c2ccccc2)C2CCC2)c2ccc3n[nH]c(F)c3c2)cc1)N1CCC1. The van der Waals surface area contributed by atoms with Crippen LogP contribution < -0.4 is 10.1 Å². The molecule has 0 atom stereocenters. The highest BCUT2D eigenvalue weighted by Gasteiger charge is 2.27. The number of nitrogens with one attached hydrogen (secondary N) is 2. The zero-order chi connectivity index (χ0) is 28.0. The molecule has 3 aromatic carbocycles. The summed E-state index contributed by atoms with van der Waals surface area (Å²) in [5, 5.41) is 10.3. The number of benzene rings is 3. The molecule has 0 radical (unpaired) electrons. The molecule has 41 heavy (non-hydrogen) atoms. The second-order valence-electron chi connectivity index (χ2n) is 10.7. The van der Waals surface area contributed by atoms with E-state index in [9.17, 15) is 9.18 Å². The number of ether oxygens (including phenoxy) is 1. The molecule has 1 aliphatic heterocycles. The summed E-state index contributed by atoms with van der Waals surface area (Å²) in [5.41, 5.74) is 6.29. The summed E-state index contributed by atoms with van der Waals surface area (Å²) in [4.78, 5) is 13.7. The Labute approximate surface area is 239 Å². The van der Waals surface area contributed by atoms with E-state index in [2.05, 4.69) is 51.9 Å². The zero-order valence-corrected chi connectivity index (χ0v) is 23.1. The minimum Gasteiger partial charge on any atom is -0.492 e. The standard InChI is InChI=1S/C34H35FN4O2/c35-34-29-23-27(14-17-30(29)37-38-34)33(32(25-9-4-10-25)24-7-2-1-3-8-24)26-12-15-28(16-13-26)41-22-19-36-18-5-11-31(40)39-20-6-21-39/h1-3,5,7-8,11-17,23,25,36H,4,6,9-10,18-22H2,(H,37,38). The normalized spacial score (nSPS) is 16.0. The molecule has 7 heteroatoms. The van der Waals surface area contributed by atoms with E-state index in [4.69, 9.17) is 4.74 Å². The Kier molecular flexibility index (Phi) is 8.23. The van der Waals surface area contributed by atoms with Crippen LogP contribution in [0.4, 0.5) is 4.39 Å². The molecular weight excluding hydrogens is 515 g/mol. The molecule has 0 bridgehead atoms. The molecule has 1 aromatic heterocycles. The molecular formula is C34H35FN4O2. The van der Waals surface area contributed by atoms with Crippen molar-refractivity contribution >= 4 is 28.0 Å². The van der Waals surface area contributed by atoms with Gasteiger partial charge in [-0.25, -0.2) is 0 Å². The molecule has 2 N–H and O–H groups in total. The summed E-state index contributed by atoms with van der Waals surface area (Å²) in [7, 11) is 0. The van der Waals surface area contributed by atoms with Crippen molar-refractivity contribution in [1.29, 1.82) is 0 Å². The second kappa shape index (κ2) is 12.5. The van der Waals surface area contributed by atoms with E-state index < -0.39 is 5.95 Å². The van der Waals surface area contributed by atoms with Gasteiger partial charge in [-0.3, -0.25) is 9.89 Å². The molecule has 1 aliphatic carbocycles. The first-order valence-corrected chi connectivity index (χ1v) is 14.5. The first-order valence-electron chi connectivity index (χ1n) is 14.5. The lowest BCUT2D eigenvalue weighted by Crippen LogP contribution is -2.41. The molecule has 2 fully saturated rings. The average Bonchev–Trinajstić information content (AvgIpc) is 3.31. The van der Waals surface area contributed by atoms with Crippen LogP contribution in [0.15, 0.2) is 84.9 Å². The lowest BCUT2D eigenvalue weighted by Gasteiger charge is -2.31. The van der Waals surface area contributed by atoms with Crippen molar-refractivity contribution in [2.45, 2.75) is 25.7 Å². The monoisotopic (exact) mass is 550 g/mol. The lowest BCUT2D eigenvalue weighted by atomic mass is 9.73.